The molecule has 2 aromatic rings. The average Bonchev–Trinajstić information content (AvgIpc) is 2.99. The summed E-state index contributed by atoms with van der Waals surface area (Å²) in [5.74, 6) is 0.161. The van der Waals surface area contributed by atoms with Crippen LogP contribution in [0.4, 0.5) is 0 Å². The van der Waals surface area contributed by atoms with Gasteiger partial charge in [0.05, 0.1) is 12.8 Å². The number of nitrogens with zero attached hydrogens (tertiary/aromatic N) is 3. The lowest BCUT2D eigenvalue weighted by molar-refractivity contribution is 0.0690. The highest BCUT2D eigenvalue weighted by atomic mass is 16.5. The van der Waals surface area contributed by atoms with Gasteiger partial charge in [0.2, 0.25) is 0 Å². The SMILES string of the molecule is COC1=CCC=C(c2cnc3cc(C(=O)O)nn3c2C2CCCCC2)C=C1. The average molecular weight is 365 g/mol. The van der Waals surface area contributed by atoms with Crippen LogP contribution in [0.3, 0.4) is 0 Å². The standard InChI is InChI=1S/C21H23N3O3/c1-27-16-9-5-8-14(10-11-16)17-13-22-19-12-18(21(25)26)23-24(19)20(17)15-6-3-2-4-7-15/h8-13,15H,2-7H2,1H3,(H,25,26). The first-order valence-corrected chi connectivity index (χ1v) is 9.42. The monoisotopic (exact) mass is 365 g/mol. The van der Waals surface area contributed by atoms with E-state index in [1.54, 1.807) is 17.7 Å². The van der Waals surface area contributed by atoms with E-state index in [4.69, 9.17) is 4.74 Å². The van der Waals surface area contributed by atoms with Gasteiger partial charge in [0.15, 0.2) is 11.3 Å². The maximum absolute atomic E-state index is 11.4. The Kier molecular flexibility index (Phi) is 4.79. The van der Waals surface area contributed by atoms with E-state index in [-0.39, 0.29) is 5.69 Å². The van der Waals surface area contributed by atoms with Gasteiger partial charge in [-0.2, -0.15) is 5.10 Å². The van der Waals surface area contributed by atoms with Crippen LogP contribution >= 0.6 is 0 Å². The second-order valence-corrected chi connectivity index (χ2v) is 7.04. The minimum absolute atomic E-state index is 0.0328. The van der Waals surface area contributed by atoms with Crippen molar-refractivity contribution in [2.75, 3.05) is 7.11 Å². The van der Waals surface area contributed by atoms with Crippen molar-refractivity contribution in [3.05, 3.63) is 59.3 Å². The molecule has 27 heavy (non-hydrogen) atoms. The smallest absolute Gasteiger partial charge is 0.356 e. The number of carbonyl (C=O) groups is 1. The van der Waals surface area contributed by atoms with Crippen LogP contribution in [0.2, 0.25) is 0 Å². The van der Waals surface area contributed by atoms with E-state index in [9.17, 15) is 9.90 Å². The largest absolute Gasteiger partial charge is 0.497 e. The minimum Gasteiger partial charge on any atom is -0.497 e. The highest BCUT2D eigenvalue weighted by molar-refractivity contribution is 5.87. The summed E-state index contributed by atoms with van der Waals surface area (Å²) < 4.78 is 7.09. The highest BCUT2D eigenvalue weighted by Gasteiger charge is 2.25. The van der Waals surface area contributed by atoms with Gasteiger partial charge in [-0.3, -0.25) is 0 Å². The van der Waals surface area contributed by atoms with Crippen LogP contribution in [0, 0.1) is 0 Å². The van der Waals surface area contributed by atoms with Crippen molar-refractivity contribution in [2.45, 2.75) is 44.4 Å². The second kappa shape index (κ2) is 7.39. The van der Waals surface area contributed by atoms with Gasteiger partial charge in [-0.05, 0) is 37.0 Å². The number of carboxylic acid groups (broad SMARTS) is 1. The molecule has 0 aliphatic heterocycles. The quantitative estimate of drug-likeness (QED) is 0.872. The molecule has 0 amide bonds. The molecule has 4 rings (SSSR count). The molecule has 140 valence electrons. The molecule has 1 N–H and O–H groups in total. The van der Waals surface area contributed by atoms with Crippen LogP contribution in [-0.4, -0.2) is 32.8 Å². The fourth-order valence-corrected chi connectivity index (χ4v) is 4.01. The molecule has 6 nitrogen and oxygen atoms in total. The summed E-state index contributed by atoms with van der Waals surface area (Å²) in [6, 6.07) is 1.54. The van der Waals surface area contributed by atoms with Gasteiger partial charge >= 0.3 is 5.97 Å². The van der Waals surface area contributed by atoms with Crippen molar-refractivity contribution in [1.82, 2.24) is 14.6 Å². The van der Waals surface area contributed by atoms with E-state index < -0.39 is 5.97 Å². The Bertz CT molecular complexity index is 962. The normalized spacial score (nSPS) is 18.1. The number of ether oxygens (including phenoxy) is 1. The van der Waals surface area contributed by atoms with Crippen LogP contribution < -0.4 is 0 Å². The zero-order chi connectivity index (χ0) is 18.8. The Labute approximate surface area is 157 Å². The molecular weight excluding hydrogens is 342 g/mol. The molecule has 2 aromatic heterocycles. The molecule has 0 bridgehead atoms. The summed E-state index contributed by atoms with van der Waals surface area (Å²) in [6.07, 6.45) is 16.6. The molecule has 0 saturated heterocycles. The van der Waals surface area contributed by atoms with E-state index >= 15 is 0 Å². The van der Waals surface area contributed by atoms with Crippen LogP contribution in [0.1, 0.15) is 66.2 Å². The van der Waals surface area contributed by atoms with Crippen molar-refractivity contribution >= 4 is 17.2 Å². The lowest BCUT2D eigenvalue weighted by atomic mass is 9.84. The fraction of sp³-hybridized carbons (Fsp3) is 0.381. The van der Waals surface area contributed by atoms with Crippen LogP contribution in [0.15, 0.2) is 42.3 Å². The number of rotatable bonds is 4. The third kappa shape index (κ3) is 3.39. The van der Waals surface area contributed by atoms with Gasteiger partial charge in [-0.1, -0.05) is 31.4 Å². The molecule has 2 aliphatic rings. The summed E-state index contributed by atoms with van der Waals surface area (Å²) in [5.41, 5.74) is 3.79. The molecule has 2 heterocycles. The number of fused-ring (bicyclic) bond motifs is 1. The topological polar surface area (TPSA) is 76.7 Å². The molecule has 0 aromatic carbocycles. The summed E-state index contributed by atoms with van der Waals surface area (Å²) >= 11 is 0. The minimum atomic E-state index is -1.03. The first-order chi connectivity index (χ1) is 13.2. The van der Waals surface area contributed by atoms with Crippen molar-refractivity contribution in [2.24, 2.45) is 0 Å². The number of aromatic nitrogens is 3. The Hall–Kier alpha value is -2.89. The number of hydrogen-bond acceptors (Lipinski definition) is 4. The number of aromatic carboxylic acids is 1. The molecule has 2 aliphatic carbocycles. The predicted molar refractivity (Wildman–Crippen MR) is 103 cm³/mol. The van der Waals surface area contributed by atoms with Crippen molar-refractivity contribution < 1.29 is 14.6 Å². The number of carboxylic acids is 1. The summed E-state index contributed by atoms with van der Waals surface area (Å²) in [5, 5.41) is 13.7. The highest BCUT2D eigenvalue weighted by Crippen LogP contribution is 2.37. The zero-order valence-corrected chi connectivity index (χ0v) is 15.4. The summed E-state index contributed by atoms with van der Waals surface area (Å²) in [4.78, 5) is 15.9. The summed E-state index contributed by atoms with van der Waals surface area (Å²) in [6.45, 7) is 0. The second-order valence-electron chi connectivity index (χ2n) is 7.04. The fourth-order valence-electron chi connectivity index (χ4n) is 4.01. The Morgan fingerprint density at radius 3 is 2.78 bits per heavy atom. The molecule has 1 saturated carbocycles. The Morgan fingerprint density at radius 1 is 1.22 bits per heavy atom. The van der Waals surface area contributed by atoms with E-state index in [2.05, 4.69) is 16.2 Å². The molecule has 0 atom stereocenters. The van der Waals surface area contributed by atoms with Crippen LogP contribution in [0.25, 0.3) is 11.2 Å². The summed E-state index contributed by atoms with van der Waals surface area (Å²) in [7, 11) is 1.67. The lowest BCUT2D eigenvalue weighted by Gasteiger charge is -2.25. The lowest BCUT2D eigenvalue weighted by Crippen LogP contribution is -2.14. The van der Waals surface area contributed by atoms with Gasteiger partial charge in [-0.15, -0.1) is 0 Å². The van der Waals surface area contributed by atoms with Crippen LogP contribution in [-0.2, 0) is 4.74 Å². The molecule has 0 unspecified atom stereocenters. The first-order valence-electron chi connectivity index (χ1n) is 9.42. The molecule has 0 radical (unpaired) electrons. The van der Waals surface area contributed by atoms with Gasteiger partial charge in [0, 0.05) is 23.7 Å². The Morgan fingerprint density at radius 2 is 2.04 bits per heavy atom. The van der Waals surface area contributed by atoms with E-state index in [0.717, 1.165) is 41.9 Å². The van der Waals surface area contributed by atoms with Crippen molar-refractivity contribution in [3.8, 4) is 0 Å². The third-order valence-corrected chi connectivity index (χ3v) is 5.36. The Balaban J connectivity index is 1.86. The number of methoxy groups -OCH3 is 1. The maximum Gasteiger partial charge on any atom is 0.356 e. The zero-order valence-electron chi connectivity index (χ0n) is 15.4. The van der Waals surface area contributed by atoms with Gasteiger partial charge < -0.3 is 9.84 Å². The van der Waals surface area contributed by atoms with E-state index in [1.165, 1.54) is 19.3 Å². The van der Waals surface area contributed by atoms with Gasteiger partial charge in [0.25, 0.3) is 0 Å². The molecule has 6 heteroatoms. The number of hydrogen-bond donors (Lipinski definition) is 1. The number of allylic oxidation sites excluding steroid dienone is 5. The molecule has 1 fully saturated rings. The van der Waals surface area contributed by atoms with Crippen molar-refractivity contribution in [3.63, 3.8) is 0 Å². The third-order valence-electron chi connectivity index (χ3n) is 5.36. The van der Waals surface area contributed by atoms with Gasteiger partial charge in [-0.25, -0.2) is 14.3 Å². The maximum atomic E-state index is 11.4. The first kappa shape index (κ1) is 17.5. The van der Waals surface area contributed by atoms with E-state index in [0.29, 0.717) is 11.6 Å². The van der Waals surface area contributed by atoms with E-state index in [1.807, 2.05) is 24.4 Å². The molecule has 0 spiro atoms. The molecular formula is C21H23N3O3. The van der Waals surface area contributed by atoms with Crippen LogP contribution in [0.5, 0.6) is 0 Å². The van der Waals surface area contributed by atoms with Crippen molar-refractivity contribution in [1.29, 1.82) is 0 Å². The predicted octanol–water partition coefficient (Wildman–Crippen LogP) is 4.35. The van der Waals surface area contributed by atoms with Gasteiger partial charge in [0.1, 0.15) is 5.76 Å².